The second kappa shape index (κ2) is 7.75. The molecule has 8 heteroatoms. The molecule has 0 spiro atoms. The monoisotopic (exact) mass is 337 g/mol. The van der Waals surface area contributed by atoms with Gasteiger partial charge in [0.25, 0.3) is 5.56 Å². The molecule has 0 aliphatic heterocycles. The molecule has 0 saturated carbocycles. The summed E-state index contributed by atoms with van der Waals surface area (Å²) in [6.45, 7) is 0.977. The van der Waals surface area contributed by atoms with E-state index in [1.54, 1.807) is 25.3 Å². The van der Waals surface area contributed by atoms with Crippen LogP contribution in [0.25, 0.3) is 5.69 Å². The van der Waals surface area contributed by atoms with Crippen molar-refractivity contribution in [3.63, 3.8) is 0 Å². The highest BCUT2D eigenvalue weighted by Crippen LogP contribution is 2.18. The normalized spacial score (nSPS) is 11.2. The second-order valence-corrected chi connectivity index (χ2v) is 5.13. The van der Waals surface area contributed by atoms with Crippen molar-refractivity contribution < 1.29 is 9.84 Å². The van der Waals surface area contributed by atoms with Crippen molar-refractivity contribution in [2.45, 2.75) is 6.42 Å². The number of benzene rings is 1. The number of aromatic amines is 1. The molecule has 23 heavy (non-hydrogen) atoms. The first-order valence-corrected chi connectivity index (χ1v) is 7.25. The Morgan fingerprint density at radius 3 is 2.91 bits per heavy atom. The first-order chi connectivity index (χ1) is 11.0. The zero-order valence-corrected chi connectivity index (χ0v) is 13.2. The number of nitrogens with one attached hydrogen (secondary N) is 1. The molecule has 2 rings (SSSR count). The van der Waals surface area contributed by atoms with Crippen LogP contribution in [0, 0.1) is 0 Å². The number of aromatic nitrogens is 2. The number of rotatable bonds is 6. The summed E-state index contributed by atoms with van der Waals surface area (Å²) in [5.41, 5.74) is -1.22. The highest BCUT2D eigenvalue weighted by molar-refractivity contribution is 6.30. The molecular weight excluding hydrogens is 322 g/mol. The van der Waals surface area contributed by atoms with Crippen LogP contribution in [0.3, 0.4) is 0 Å². The maximum absolute atomic E-state index is 12.0. The van der Waals surface area contributed by atoms with E-state index < -0.39 is 17.1 Å². The van der Waals surface area contributed by atoms with E-state index in [2.05, 4.69) is 9.98 Å². The highest BCUT2D eigenvalue weighted by Gasteiger charge is 2.14. The van der Waals surface area contributed by atoms with Gasteiger partial charge in [0.1, 0.15) is 5.56 Å². The average Bonchev–Trinajstić information content (AvgIpc) is 2.49. The molecule has 0 aliphatic carbocycles. The second-order valence-electron chi connectivity index (χ2n) is 4.69. The predicted octanol–water partition coefficient (Wildman–Crippen LogP) is 1.34. The lowest BCUT2D eigenvalue weighted by Gasteiger charge is -2.09. The quantitative estimate of drug-likeness (QED) is 0.614. The van der Waals surface area contributed by atoms with Gasteiger partial charge in [0.2, 0.25) is 5.88 Å². The summed E-state index contributed by atoms with van der Waals surface area (Å²) >= 11 is 5.90. The third kappa shape index (κ3) is 4.08. The van der Waals surface area contributed by atoms with Gasteiger partial charge in [0.15, 0.2) is 0 Å². The van der Waals surface area contributed by atoms with E-state index in [0.29, 0.717) is 30.3 Å². The van der Waals surface area contributed by atoms with Gasteiger partial charge in [-0.15, -0.1) is 0 Å². The van der Waals surface area contributed by atoms with E-state index in [0.717, 1.165) is 4.57 Å². The topological polar surface area (TPSA) is 96.7 Å². The molecule has 2 aromatic rings. The Labute approximate surface area is 136 Å². The Morgan fingerprint density at radius 2 is 2.22 bits per heavy atom. The van der Waals surface area contributed by atoms with Crippen LogP contribution in [-0.2, 0) is 4.74 Å². The molecule has 0 unspecified atom stereocenters. The number of nitrogens with zero attached hydrogens (tertiary/aromatic N) is 2. The number of aromatic hydroxyl groups is 1. The number of aliphatic imine (C=N–C) groups is 1. The minimum atomic E-state index is -0.758. The fourth-order valence-corrected chi connectivity index (χ4v) is 2.15. The van der Waals surface area contributed by atoms with E-state index in [4.69, 9.17) is 16.3 Å². The molecule has 1 aromatic heterocycles. The maximum atomic E-state index is 12.0. The molecule has 2 N–H and O–H groups in total. The zero-order chi connectivity index (χ0) is 16.8. The van der Waals surface area contributed by atoms with Crippen molar-refractivity contribution in [2.24, 2.45) is 4.99 Å². The van der Waals surface area contributed by atoms with Gasteiger partial charge in [-0.1, -0.05) is 17.7 Å². The minimum absolute atomic E-state index is 0.0954. The van der Waals surface area contributed by atoms with Crippen LogP contribution < -0.4 is 11.2 Å². The lowest BCUT2D eigenvalue weighted by molar-refractivity contribution is 0.197. The largest absolute Gasteiger partial charge is 0.493 e. The van der Waals surface area contributed by atoms with Gasteiger partial charge < -0.3 is 9.84 Å². The van der Waals surface area contributed by atoms with E-state index in [9.17, 15) is 14.7 Å². The number of halogens is 1. The first kappa shape index (κ1) is 17.0. The Bertz CT molecular complexity index is 826. The van der Waals surface area contributed by atoms with Crippen molar-refractivity contribution in [1.82, 2.24) is 9.55 Å². The number of hydrogen-bond donors (Lipinski definition) is 2. The van der Waals surface area contributed by atoms with Gasteiger partial charge in [0, 0.05) is 31.5 Å². The van der Waals surface area contributed by atoms with Crippen LogP contribution in [-0.4, -0.2) is 41.1 Å². The lowest BCUT2D eigenvalue weighted by atomic mass is 10.3. The van der Waals surface area contributed by atoms with Gasteiger partial charge in [-0.05, 0) is 24.6 Å². The molecule has 0 aliphatic rings. The summed E-state index contributed by atoms with van der Waals surface area (Å²) in [5, 5.41) is 10.7. The predicted molar refractivity (Wildman–Crippen MR) is 88.3 cm³/mol. The van der Waals surface area contributed by atoms with Crippen LogP contribution in [0.5, 0.6) is 5.88 Å². The van der Waals surface area contributed by atoms with E-state index in [1.165, 1.54) is 12.3 Å². The minimum Gasteiger partial charge on any atom is -0.493 e. The van der Waals surface area contributed by atoms with Crippen molar-refractivity contribution in [1.29, 1.82) is 0 Å². The average molecular weight is 338 g/mol. The van der Waals surface area contributed by atoms with Crippen LogP contribution in [0.1, 0.15) is 12.0 Å². The molecule has 0 amide bonds. The Morgan fingerprint density at radius 1 is 1.43 bits per heavy atom. The summed E-state index contributed by atoms with van der Waals surface area (Å²) in [6.07, 6.45) is 1.92. The van der Waals surface area contributed by atoms with Crippen LogP contribution in [0.2, 0.25) is 5.02 Å². The number of hydrogen-bond acceptors (Lipinski definition) is 5. The van der Waals surface area contributed by atoms with Gasteiger partial charge in [-0.2, -0.15) is 0 Å². The Kier molecular flexibility index (Phi) is 5.72. The highest BCUT2D eigenvalue weighted by atomic mass is 35.5. The summed E-state index contributed by atoms with van der Waals surface area (Å²) in [4.78, 5) is 30.1. The van der Waals surface area contributed by atoms with Gasteiger partial charge in [-0.25, -0.2) is 9.36 Å². The van der Waals surface area contributed by atoms with Crippen molar-refractivity contribution >= 4 is 17.8 Å². The summed E-state index contributed by atoms with van der Waals surface area (Å²) < 4.78 is 5.86. The van der Waals surface area contributed by atoms with Gasteiger partial charge in [0.05, 0.1) is 5.69 Å². The number of H-pyrrole nitrogens is 1. The molecular formula is C15H16ClN3O4. The van der Waals surface area contributed by atoms with Crippen LogP contribution >= 0.6 is 11.6 Å². The third-order valence-corrected chi connectivity index (χ3v) is 3.28. The SMILES string of the molecule is COCCCN=Cc1c(O)n(-c2cccc(Cl)c2)c(=O)[nH]c1=O. The molecule has 0 saturated heterocycles. The lowest BCUT2D eigenvalue weighted by Crippen LogP contribution is -2.31. The molecule has 1 heterocycles. The Hall–Kier alpha value is -2.38. The summed E-state index contributed by atoms with van der Waals surface area (Å²) in [6, 6.07) is 6.36. The zero-order valence-electron chi connectivity index (χ0n) is 12.5. The maximum Gasteiger partial charge on any atom is 0.335 e. The van der Waals surface area contributed by atoms with Crippen LogP contribution in [0.15, 0.2) is 38.8 Å². The number of ether oxygens (including phenoxy) is 1. The van der Waals surface area contributed by atoms with Crippen molar-refractivity contribution in [3.05, 3.63) is 55.7 Å². The molecule has 1 aromatic carbocycles. The van der Waals surface area contributed by atoms with Crippen LogP contribution in [0.4, 0.5) is 0 Å². The fraction of sp³-hybridized carbons (Fsp3) is 0.267. The molecule has 122 valence electrons. The van der Waals surface area contributed by atoms with Crippen molar-refractivity contribution in [2.75, 3.05) is 20.3 Å². The van der Waals surface area contributed by atoms with E-state index in [1.807, 2.05) is 0 Å². The number of methoxy groups -OCH3 is 1. The molecule has 0 fully saturated rings. The Balaban J connectivity index is 2.44. The molecule has 0 atom stereocenters. The van der Waals surface area contributed by atoms with Crippen molar-refractivity contribution in [3.8, 4) is 11.6 Å². The van der Waals surface area contributed by atoms with E-state index >= 15 is 0 Å². The smallest absolute Gasteiger partial charge is 0.335 e. The fourth-order valence-electron chi connectivity index (χ4n) is 1.97. The first-order valence-electron chi connectivity index (χ1n) is 6.87. The third-order valence-electron chi connectivity index (χ3n) is 3.04. The molecule has 7 nitrogen and oxygen atoms in total. The molecule has 0 radical (unpaired) electrons. The standard InChI is InChI=1S/C15H16ClN3O4/c1-23-7-3-6-17-9-12-13(20)18-15(22)19(14(12)21)11-5-2-4-10(16)8-11/h2,4-5,8-9,21H,3,6-7H2,1H3,(H,18,20,22). The van der Waals surface area contributed by atoms with Gasteiger partial charge in [-0.3, -0.25) is 14.8 Å². The molecule has 0 bridgehead atoms. The van der Waals surface area contributed by atoms with Gasteiger partial charge >= 0.3 is 5.69 Å². The summed E-state index contributed by atoms with van der Waals surface area (Å²) in [5.74, 6) is -0.489. The summed E-state index contributed by atoms with van der Waals surface area (Å²) in [7, 11) is 1.58. The van der Waals surface area contributed by atoms with E-state index in [-0.39, 0.29) is 5.56 Å².